The molecule has 0 bridgehead atoms. The minimum absolute atomic E-state index is 0.775. The van der Waals surface area contributed by atoms with Gasteiger partial charge < -0.3 is 9.64 Å². The zero-order chi connectivity index (χ0) is 17.4. The van der Waals surface area contributed by atoms with Crippen LogP contribution < -0.4 is 4.90 Å². The number of nitrogens with zero attached hydrogens (tertiary/aromatic N) is 4. The molecular formula is C20H24N4O. The lowest BCUT2D eigenvalue weighted by Gasteiger charge is -2.29. The van der Waals surface area contributed by atoms with Gasteiger partial charge in [-0.05, 0) is 38.5 Å². The van der Waals surface area contributed by atoms with E-state index in [9.17, 15) is 0 Å². The van der Waals surface area contributed by atoms with Crippen LogP contribution in [0.2, 0.25) is 0 Å². The van der Waals surface area contributed by atoms with Gasteiger partial charge >= 0.3 is 0 Å². The van der Waals surface area contributed by atoms with E-state index in [4.69, 9.17) is 9.72 Å². The molecule has 0 unspecified atom stereocenters. The van der Waals surface area contributed by atoms with Crippen molar-refractivity contribution in [3.05, 3.63) is 41.7 Å². The maximum atomic E-state index is 5.51. The molecule has 0 radical (unpaired) electrons. The van der Waals surface area contributed by atoms with Crippen LogP contribution in [0, 0.1) is 13.8 Å². The lowest BCUT2D eigenvalue weighted by Crippen LogP contribution is -2.36. The fourth-order valence-corrected chi connectivity index (χ4v) is 3.62. The highest BCUT2D eigenvalue weighted by Crippen LogP contribution is 2.32. The first-order valence-electron chi connectivity index (χ1n) is 8.95. The van der Waals surface area contributed by atoms with E-state index in [0.29, 0.717) is 0 Å². The number of para-hydroxylation sites is 1. The summed E-state index contributed by atoms with van der Waals surface area (Å²) in [7, 11) is 0. The van der Waals surface area contributed by atoms with E-state index in [0.717, 1.165) is 55.3 Å². The Morgan fingerprint density at radius 1 is 1.16 bits per heavy atom. The Kier molecular flexibility index (Phi) is 4.17. The zero-order valence-electron chi connectivity index (χ0n) is 15.1. The fraction of sp³-hybridized carbons (Fsp3) is 0.400. The quantitative estimate of drug-likeness (QED) is 0.733. The first kappa shape index (κ1) is 16.1. The molecule has 0 aliphatic carbocycles. The molecule has 1 fully saturated rings. The Bertz CT molecular complexity index is 909. The number of benzene rings is 1. The van der Waals surface area contributed by atoms with Crippen LogP contribution in [0.25, 0.3) is 22.2 Å². The van der Waals surface area contributed by atoms with Gasteiger partial charge in [-0.2, -0.15) is 5.10 Å². The summed E-state index contributed by atoms with van der Waals surface area (Å²) >= 11 is 0. The SMILES string of the molecule is CCn1ncc(-c2cc(C)c3cccc(N4CCOCC4)c3n2)c1C. The molecule has 0 amide bonds. The summed E-state index contributed by atoms with van der Waals surface area (Å²) in [4.78, 5) is 7.43. The normalized spacial score (nSPS) is 15.1. The van der Waals surface area contributed by atoms with Gasteiger partial charge in [-0.15, -0.1) is 0 Å². The van der Waals surface area contributed by atoms with Crippen molar-refractivity contribution in [3.8, 4) is 11.3 Å². The topological polar surface area (TPSA) is 43.2 Å². The molecule has 4 rings (SSSR count). The molecule has 1 aromatic carbocycles. The molecule has 0 saturated carbocycles. The number of hydrogen-bond donors (Lipinski definition) is 0. The lowest BCUT2D eigenvalue weighted by atomic mass is 10.0. The second-order valence-corrected chi connectivity index (χ2v) is 6.56. The number of aryl methyl sites for hydroxylation is 2. The fourth-order valence-electron chi connectivity index (χ4n) is 3.62. The van der Waals surface area contributed by atoms with Crippen LogP contribution in [0.1, 0.15) is 18.2 Å². The number of fused-ring (bicyclic) bond motifs is 1. The van der Waals surface area contributed by atoms with E-state index in [1.165, 1.54) is 16.6 Å². The van der Waals surface area contributed by atoms with Crippen LogP contribution >= 0.6 is 0 Å². The molecule has 3 aromatic rings. The molecule has 25 heavy (non-hydrogen) atoms. The zero-order valence-corrected chi connectivity index (χ0v) is 15.1. The van der Waals surface area contributed by atoms with Crippen molar-refractivity contribution in [3.63, 3.8) is 0 Å². The number of pyridine rings is 1. The summed E-state index contributed by atoms with van der Waals surface area (Å²) in [6.07, 6.45) is 1.93. The van der Waals surface area contributed by atoms with Gasteiger partial charge in [0.1, 0.15) is 0 Å². The van der Waals surface area contributed by atoms with Crippen molar-refractivity contribution in [2.24, 2.45) is 0 Å². The molecule has 0 atom stereocenters. The number of morpholine rings is 1. The third-order valence-corrected chi connectivity index (χ3v) is 5.06. The second kappa shape index (κ2) is 6.48. The third-order valence-electron chi connectivity index (χ3n) is 5.06. The van der Waals surface area contributed by atoms with Gasteiger partial charge in [-0.25, -0.2) is 4.98 Å². The van der Waals surface area contributed by atoms with E-state index in [-0.39, 0.29) is 0 Å². The van der Waals surface area contributed by atoms with Gasteiger partial charge in [0.25, 0.3) is 0 Å². The Hall–Kier alpha value is -2.40. The third kappa shape index (κ3) is 2.78. The monoisotopic (exact) mass is 336 g/mol. The Morgan fingerprint density at radius 2 is 1.96 bits per heavy atom. The maximum absolute atomic E-state index is 5.51. The summed E-state index contributed by atoms with van der Waals surface area (Å²) < 4.78 is 7.53. The van der Waals surface area contributed by atoms with Crippen molar-refractivity contribution in [1.29, 1.82) is 0 Å². The van der Waals surface area contributed by atoms with Gasteiger partial charge in [0.15, 0.2) is 0 Å². The molecule has 3 heterocycles. The highest BCUT2D eigenvalue weighted by molar-refractivity contribution is 5.94. The molecular weight excluding hydrogens is 312 g/mol. The van der Waals surface area contributed by atoms with E-state index < -0.39 is 0 Å². The van der Waals surface area contributed by atoms with Crippen LogP contribution in [-0.2, 0) is 11.3 Å². The van der Waals surface area contributed by atoms with Crippen LogP contribution in [0.15, 0.2) is 30.5 Å². The van der Waals surface area contributed by atoms with Gasteiger partial charge in [0, 0.05) is 36.3 Å². The largest absolute Gasteiger partial charge is 0.378 e. The number of ether oxygens (including phenoxy) is 1. The Morgan fingerprint density at radius 3 is 2.68 bits per heavy atom. The minimum atomic E-state index is 0.775. The predicted octanol–water partition coefficient (Wildman–Crippen LogP) is 3.57. The average molecular weight is 336 g/mol. The summed E-state index contributed by atoms with van der Waals surface area (Å²) in [5.41, 5.74) is 6.80. The minimum Gasteiger partial charge on any atom is -0.378 e. The Labute approximate surface area is 148 Å². The molecule has 5 heteroatoms. The summed E-state index contributed by atoms with van der Waals surface area (Å²) in [5.74, 6) is 0. The van der Waals surface area contributed by atoms with Gasteiger partial charge in [-0.1, -0.05) is 12.1 Å². The highest BCUT2D eigenvalue weighted by atomic mass is 16.5. The molecule has 0 spiro atoms. The van der Waals surface area contributed by atoms with Crippen LogP contribution in [0.3, 0.4) is 0 Å². The standard InChI is InChI=1S/C20H24N4O/c1-4-24-15(3)17(13-21-24)18-12-14(2)16-6-5-7-19(20(16)22-18)23-8-10-25-11-9-23/h5-7,12-13H,4,8-11H2,1-3H3. The first-order chi connectivity index (χ1) is 12.2. The van der Waals surface area contributed by atoms with E-state index >= 15 is 0 Å². The summed E-state index contributed by atoms with van der Waals surface area (Å²) in [6, 6.07) is 8.64. The molecule has 1 saturated heterocycles. The highest BCUT2D eigenvalue weighted by Gasteiger charge is 2.17. The van der Waals surface area contributed by atoms with Crippen LogP contribution in [-0.4, -0.2) is 41.1 Å². The maximum Gasteiger partial charge on any atom is 0.0945 e. The van der Waals surface area contributed by atoms with Crippen molar-refractivity contribution < 1.29 is 4.74 Å². The van der Waals surface area contributed by atoms with Crippen LogP contribution in [0.5, 0.6) is 0 Å². The molecule has 1 aliphatic rings. The molecule has 2 aromatic heterocycles. The summed E-state index contributed by atoms with van der Waals surface area (Å²) in [6.45, 7) is 10.6. The number of rotatable bonds is 3. The number of aromatic nitrogens is 3. The smallest absolute Gasteiger partial charge is 0.0945 e. The van der Waals surface area contributed by atoms with Crippen molar-refractivity contribution >= 4 is 16.6 Å². The lowest BCUT2D eigenvalue weighted by molar-refractivity contribution is 0.123. The second-order valence-electron chi connectivity index (χ2n) is 6.56. The van der Waals surface area contributed by atoms with E-state index in [1.807, 2.05) is 10.9 Å². The molecule has 130 valence electrons. The number of hydrogen-bond acceptors (Lipinski definition) is 4. The molecule has 1 aliphatic heterocycles. The average Bonchev–Trinajstić information content (AvgIpc) is 3.02. The van der Waals surface area contributed by atoms with Crippen LogP contribution in [0.4, 0.5) is 5.69 Å². The van der Waals surface area contributed by atoms with Gasteiger partial charge in [0.2, 0.25) is 0 Å². The molecule has 0 N–H and O–H groups in total. The predicted molar refractivity (Wildman–Crippen MR) is 101 cm³/mol. The number of anilines is 1. The van der Waals surface area contributed by atoms with E-state index in [2.05, 4.69) is 55.0 Å². The first-order valence-corrected chi connectivity index (χ1v) is 8.95. The molecule has 5 nitrogen and oxygen atoms in total. The Balaban J connectivity index is 1.88. The van der Waals surface area contributed by atoms with Gasteiger partial charge in [-0.3, -0.25) is 4.68 Å². The summed E-state index contributed by atoms with van der Waals surface area (Å²) in [5, 5.41) is 5.70. The van der Waals surface area contributed by atoms with Crippen molar-refractivity contribution in [2.45, 2.75) is 27.3 Å². The van der Waals surface area contributed by atoms with Crippen molar-refractivity contribution in [1.82, 2.24) is 14.8 Å². The van der Waals surface area contributed by atoms with E-state index in [1.54, 1.807) is 0 Å². The van der Waals surface area contributed by atoms with Gasteiger partial charge in [0.05, 0.1) is 36.3 Å². The van der Waals surface area contributed by atoms with Crippen molar-refractivity contribution in [2.75, 3.05) is 31.2 Å².